The van der Waals surface area contributed by atoms with E-state index in [2.05, 4.69) is 34.5 Å². The molecule has 5 rings (SSSR count). The number of thioether (sulfide) groups is 1. The van der Waals surface area contributed by atoms with E-state index in [4.69, 9.17) is 9.47 Å². The smallest absolute Gasteiger partial charge is 0.191 e. The molecule has 30 heavy (non-hydrogen) atoms. The fourth-order valence-corrected chi connectivity index (χ4v) is 4.26. The van der Waals surface area contributed by atoms with Crippen molar-refractivity contribution < 1.29 is 14.3 Å². The first kappa shape index (κ1) is 18.7. The van der Waals surface area contributed by atoms with Crippen molar-refractivity contribution in [2.24, 2.45) is 7.05 Å². The lowest BCUT2D eigenvalue weighted by molar-refractivity contribution is 0.102. The second-order valence-corrected chi connectivity index (χ2v) is 7.94. The molecule has 3 aromatic carbocycles. The maximum atomic E-state index is 12.7. The topological polar surface area (TPSA) is 66.2 Å². The molecule has 0 radical (unpaired) electrons. The quantitative estimate of drug-likeness (QED) is 0.355. The van der Waals surface area contributed by atoms with Crippen molar-refractivity contribution in [3.8, 4) is 22.9 Å². The maximum absolute atomic E-state index is 12.7. The van der Waals surface area contributed by atoms with E-state index in [1.54, 1.807) is 18.2 Å². The van der Waals surface area contributed by atoms with Crippen LogP contribution in [0.2, 0.25) is 0 Å². The van der Waals surface area contributed by atoms with Crippen LogP contribution in [-0.4, -0.2) is 39.5 Å². The van der Waals surface area contributed by atoms with Crippen LogP contribution in [0.5, 0.6) is 11.5 Å². The molecule has 0 fully saturated rings. The fourth-order valence-electron chi connectivity index (χ4n) is 3.45. The summed E-state index contributed by atoms with van der Waals surface area (Å²) in [6, 6.07) is 19.7. The first-order valence-electron chi connectivity index (χ1n) is 9.63. The van der Waals surface area contributed by atoms with Gasteiger partial charge in [0.15, 0.2) is 28.3 Å². The van der Waals surface area contributed by atoms with Crippen molar-refractivity contribution in [2.75, 3.05) is 19.0 Å². The second kappa shape index (κ2) is 7.84. The Hall–Kier alpha value is -3.32. The first-order valence-corrected chi connectivity index (χ1v) is 10.6. The van der Waals surface area contributed by atoms with Crippen LogP contribution in [0.25, 0.3) is 22.2 Å². The molecular weight excluding hydrogens is 398 g/mol. The average molecular weight is 417 g/mol. The Morgan fingerprint density at radius 3 is 2.63 bits per heavy atom. The molecule has 0 saturated heterocycles. The van der Waals surface area contributed by atoms with Crippen molar-refractivity contribution >= 4 is 28.3 Å². The summed E-state index contributed by atoms with van der Waals surface area (Å²) in [6.07, 6.45) is 0. The molecule has 150 valence electrons. The molecule has 1 aliphatic rings. The summed E-state index contributed by atoms with van der Waals surface area (Å²) in [5.74, 6) is 2.35. The van der Waals surface area contributed by atoms with Gasteiger partial charge in [-0.1, -0.05) is 48.2 Å². The molecule has 1 aromatic heterocycles. The molecule has 0 atom stereocenters. The third kappa shape index (κ3) is 3.52. The highest BCUT2D eigenvalue weighted by atomic mass is 32.2. The van der Waals surface area contributed by atoms with Gasteiger partial charge < -0.3 is 14.0 Å². The molecule has 0 amide bonds. The van der Waals surface area contributed by atoms with Crippen molar-refractivity contribution in [1.82, 2.24) is 14.8 Å². The van der Waals surface area contributed by atoms with E-state index in [0.29, 0.717) is 35.4 Å². The molecule has 0 aliphatic carbocycles. The van der Waals surface area contributed by atoms with Gasteiger partial charge >= 0.3 is 0 Å². The van der Waals surface area contributed by atoms with Crippen molar-refractivity contribution in [1.29, 1.82) is 0 Å². The average Bonchev–Trinajstić information content (AvgIpc) is 3.17. The van der Waals surface area contributed by atoms with E-state index in [1.807, 2.05) is 29.8 Å². The van der Waals surface area contributed by atoms with Gasteiger partial charge in [0, 0.05) is 18.2 Å². The number of carbonyl (C=O) groups excluding carboxylic acids is 1. The van der Waals surface area contributed by atoms with Gasteiger partial charge in [0.05, 0.1) is 5.75 Å². The number of benzene rings is 3. The van der Waals surface area contributed by atoms with E-state index in [9.17, 15) is 4.79 Å². The summed E-state index contributed by atoms with van der Waals surface area (Å²) < 4.78 is 13.0. The molecule has 2 heterocycles. The fraction of sp³-hybridized carbons (Fsp3) is 0.174. The summed E-state index contributed by atoms with van der Waals surface area (Å²) >= 11 is 1.37. The van der Waals surface area contributed by atoms with Crippen LogP contribution in [0.15, 0.2) is 65.8 Å². The number of ether oxygens (including phenoxy) is 2. The molecular formula is C23H19N3O3S. The highest BCUT2D eigenvalue weighted by molar-refractivity contribution is 7.99. The third-order valence-corrected chi connectivity index (χ3v) is 6.06. The van der Waals surface area contributed by atoms with Crippen LogP contribution in [0.1, 0.15) is 10.4 Å². The number of hydrogen-bond donors (Lipinski definition) is 0. The van der Waals surface area contributed by atoms with Gasteiger partial charge in [-0.05, 0) is 35.0 Å². The standard InChI is InChI=1S/C23H19N3O3S/c1-26-22(18-7-6-15-4-2-3-5-16(15)12-18)24-25-23(26)30-14-19(27)17-8-9-20-21(13-17)29-11-10-28-20/h2-9,12-13H,10-11,14H2,1H3. The molecule has 0 bridgehead atoms. The highest BCUT2D eigenvalue weighted by Crippen LogP contribution is 2.32. The van der Waals surface area contributed by atoms with Gasteiger partial charge in [-0.3, -0.25) is 4.79 Å². The number of hydrogen-bond acceptors (Lipinski definition) is 6. The van der Waals surface area contributed by atoms with Crippen LogP contribution in [0.3, 0.4) is 0 Å². The number of fused-ring (bicyclic) bond motifs is 2. The van der Waals surface area contributed by atoms with Crippen LogP contribution >= 0.6 is 11.8 Å². The van der Waals surface area contributed by atoms with Crippen molar-refractivity contribution in [2.45, 2.75) is 5.16 Å². The van der Waals surface area contributed by atoms with E-state index < -0.39 is 0 Å². The summed E-state index contributed by atoms with van der Waals surface area (Å²) in [4.78, 5) is 12.7. The van der Waals surface area contributed by atoms with E-state index in [0.717, 1.165) is 16.8 Å². The number of nitrogens with zero attached hydrogens (tertiary/aromatic N) is 3. The molecule has 0 spiro atoms. The second-order valence-electron chi connectivity index (χ2n) is 7.00. The zero-order valence-electron chi connectivity index (χ0n) is 16.4. The molecule has 4 aromatic rings. The van der Waals surface area contributed by atoms with Crippen LogP contribution < -0.4 is 9.47 Å². The SMILES string of the molecule is Cn1c(SCC(=O)c2ccc3c(c2)OCCO3)nnc1-c1ccc2ccccc2c1. The molecule has 0 N–H and O–H groups in total. The molecule has 6 nitrogen and oxygen atoms in total. The third-order valence-electron chi connectivity index (χ3n) is 5.04. The first-order chi connectivity index (χ1) is 14.7. The summed E-state index contributed by atoms with van der Waals surface area (Å²) in [7, 11) is 1.92. The molecule has 7 heteroatoms. The van der Waals surface area contributed by atoms with Gasteiger partial charge in [0.25, 0.3) is 0 Å². The Labute approximate surface area is 177 Å². The van der Waals surface area contributed by atoms with Crippen molar-refractivity contribution in [3.05, 3.63) is 66.2 Å². The Morgan fingerprint density at radius 1 is 0.967 bits per heavy atom. The van der Waals surface area contributed by atoms with Crippen LogP contribution in [0, 0.1) is 0 Å². The lowest BCUT2D eigenvalue weighted by atomic mass is 10.1. The predicted octanol–water partition coefficient (Wildman–Crippen LogP) is 4.38. The summed E-state index contributed by atoms with van der Waals surface area (Å²) in [5.41, 5.74) is 1.59. The monoisotopic (exact) mass is 417 g/mol. The van der Waals surface area contributed by atoms with Crippen molar-refractivity contribution in [3.63, 3.8) is 0 Å². The van der Waals surface area contributed by atoms with Gasteiger partial charge in [0.1, 0.15) is 13.2 Å². The number of rotatable bonds is 5. The van der Waals surface area contributed by atoms with Gasteiger partial charge in [-0.2, -0.15) is 0 Å². The Bertz CT molecular complexity index is 1250. The number of ketones is 1. The van der Waals surface area contributed by atoms with Gasteiger partial charge in [-0.15, -0.1) is 10.2 Å². The normalized spacial score (nSPS) is 12.8. The Balaban J connectivity index is 1.32. The maximum Gasteiger partial charge on any atom is 0.191 e. The van der Waals surface area contributed by atoms with Gasteiger partial charge in [-0.25, -0.2) is 0 Å². The number of Topliss-reactive ketones (excluding diaryl/α,β-unsaturated/α-hetero) is 1. The Morgan fingerprint density at radius 2 is 1.77 bits per heavy atom. The van der Waals surface area contributed by atoms with Crippen LogP contribution in [-0.2, 0) is 7.05 Å². The molecule has 0 unspecified atom stereocenters. The molecule has 1 aliphatic heterocycles. The summed E-state index contributed by atoms with van der Waals surface area (Å²) in [5, 5.41) is 11.7. The minimum absolute atomic E-state index is 0.00669. The van der Waals surface area contributed by atoms with E-state index in [1.165, 1.54) is 17.1 Å². The lowest BCUT2D eigenvalue weighted by Gasteiger charge is -2.18. The minimum Gasteiger partial charge on any atom is -0.486 e. The van der Waals surface area contributed by atoms with Crippen LogP contribution in [0.4, 0.5) is 0 Å². The minimum atomic E-state index is 0.00669. The van der Waals surface area contributed by atoms with E-state index in [-0.39, 0.29) is 11.5 Å². The molecule has 0 saturated carbocycles. The lowest BCUT2D eigenvalue weighted by Crippen LogP contribution is -2.16. The predicted molar refractivity (Wildman–Crippen MR) is 116 cm³/mol. The highest BCUT2D eigenvalue weighted by Gasteiger charge is 2.17. The number of carbonyl (C=O) groups is 1. The summed E-state index contributed by atoms with van der Waals surface area (Å²) in [6.45, 7) is 1.03. The Kier molecular flexibility index (Phi) is 4.88. The zero-order chi connectivity index (χ0) is 20.5. The zero-order valence-corrected chi connectivity index (χ0v) is 17.2. The number of aromatic nitrogens is 3. The van der Waals surface area contributed by atoms with E-state index >= 15 is 0 Å². The van der Waals surface area contributed by atoms with Gasteiger partial charge in [0.2, 0.25) is 0 Å². The largest absolute Gasteiger partial charge is 0.486 e.